The number of hydrogen-bond donors (Lipinski definition) is 0. The molecular formula is C21H31N3O3. The predicted octanol–water partition coefficient (Wildman–Crippen LogP) is 1.78. The Morgan fingerprint density at radius 2 is 1.56 bits per heavy atom. The van der Waals surface area contributed by atoms with Gasteiger partial charge in [0.1, 0.15) is 5.75 Å². The lowest BCUT2D eigenvalue weighted by Crippen LogP contribution is -2.51. The molecule has 0 atom stereocenters. The summed E-state index contributed by atoms with van der Waals surface area (Å²) in [6, 6.07) is 7.85. The molecule has 0 aliphatic carbocycles. The number of hydrogen-bond acceptors (Lipinski definition) is 4. The lowest BCUT2D eigenvalue weighted by atomic mass is 10.1. The molecule has 0 N–H and O–H groups in total. The summed E-state index contributed by atoms with van der Waals surface area (Å²) in [5.41, 5.74) is 1.11. The molecule has 2 saturated heterocycles. The number of carbonyl (C=O) groups excluding carboxylic acids is 2. The minimum Gasteiger partial charge on any atom is -0.497 e. The molecule has 1 aromatic carbocycles. The Morgan fingerprint density at radius 1 is 0.926 bits per heavy atom. The van der Waals surface area contributed by atoms with Gasteiger partial charge in [-0.1, -0.05) is 12.1 Å². The van der Waals surface area contributed by atoms with E-state index in [9.17, 15) is 9.59 Å². The van der Waals surface area contributed by atoms with Crippen molar-refractivity contribution in [1.82, 2.24) is 14.7 Å². The Morgan fingerprint density at radius 3 is 2.19 bits per heavy atom. The minimum atomic E-state index is 0.169. The van der Waals surface area contributed by atoms with E-state index in [-0.39, 0.29) is 11.8 Å². The number of ether oxygens (including phenoxy) is 1. The second kappa shape index (κ2) is 9.74. The number of benzene rings is 1. The van der Waals surface area contributed by atoms with Crippen molar-refractivity contribution in [2.45, 2.75) is 32.1 Å². The molecule has 0 spiro atoms. The van der Waals surface area contributed by atoms with Crippen LogP contribution in [0.4, 0.5) is 0 Å². The van der Waals surface area contributed by atoms with Gasteiger partial charge in [-0.25, -0.2) is 0 Å². The second-order valence-electron chi connectivity index (χ2n) is 7.41. The Kier molecular flexibility index (Phi) is 7.10. The Balaban J connectivity index is 1.37. The monoisotopic (exact) mass is 373 g/mol. The summed E-state index contributed by atoms with van der Waals surface area (Å²) in [6.07, 6.45) is 4.32. The number of nitrogens with zero attached hydrogens (tertiary/aromatic N) is 3. The second-order valence-corrected chi connectivity index (χ2v) is 7.41. The molecule has 0 saturated carbocycles. The van der Waals surface area contributed by atoms with Crippen molar-refractivity contribution in [2.75, 3.05) is 52.9 Å². The van der Waals surface area contributed by atoms with E-state index >= 15 is 0 Å². The van der Waals surface area contributed by atoms with E-state index in [0.717, 1.165) is 30.9 Å². The molecule has 2 aliphatic heterocycles. The molecular weight excluding hydrogens is 342 g/mol. The Hall–Kier alpha value is -2.08. The maximum atomic E-state index is 12.5. The number of aryl methyl sites for hydroxylation is 1. The highest BCUT2D eigenvalue weighted by Crippen LogP contribution is 2.15. The van der Waals surface area contributed by atoms with Gasteiger partial charge in [-0.3, -0.25) is 9.59 Å². The van der Waals surface area contributed by atoms with Crippen molar-refractivity contribution in [1.29, 1.82) is 0 Å². The van der Waals surface area contributed by atoms with Crippen LogP contribution in [0.15, 0.2) is 24.3 Å². The molecule has 27 heavy (non-hydrogen) atoms. The van der Waals surface area contributed by atoms with Crippen LogP contribution in [0.3, 0.4) is 0 Å². The zero-order valence-corrected chi connectivity index (χ0v) is 16.4. The number of likely N-dealkylation sites (tertiary alicyclic amines) is 1. The summed E-state index contributed by atoms with van der Waals surface area (Å²) in [5.74, 6) is 1.22. The molecule has 2 aliphatic rings. The van der Waals surface area contributed by atoms with Crippen molar-refractivity contribution in [3.8, 4) is 5.75 Å². The Bertz CT molecular complexity index is 635. The lowest BCUT2D eigenvalue weighted by Gasteiger charge is -2.35. The number of rotatable bonds is 7. The van der Waals surface area contributed by atoms with Gasteiger partial charge >= 0.3 is 0 Å². The number of carbonyl (C=O) groups is 2. The summed E-state index contributed by atoms with van der Waals surface area (Å²) in [7, 11) is 1.65. The average molecular weight is 373 g/mol. The van der Waals surface area contributed by atoms with E-state index in [0.29, 0.717) is 45.4 Å². The highest BCUT2D eigenvalue weighted by molar-refractivity contribution is 5.78. The fourth-order valence-corrected chi connectivity index (χ4v) is 3.86. The van der Waals surface area contributed by atoms with E-state index in [1.165, 1.54) is 12.8 Å². The van der Waals surface area contributed by atoms with Crippen molar-refractivity contribution >= 4 is 11.8 Å². The Labute approximate surface area is 162 Å². The number of amides is 2. The van der Waals surface area contributed by atoms with Gasteiger partial charge in [-0.15, -0.1) is 0 Å². The normalized spacial score (nSPS) is 18.0. The summed E-state index contributed by atoms with van der Waals surface area (Å²) < 4.78 is 5.23. The first kappa shape index (κ1) is 19.7. The van der Waals surface area contributed by atoms with Gasteiger partial charge in [-0.2, -0.15) is 0 Å². The van der Waals surface area contributed by atoms with Crippen molar-refractivity contribution in [3.63, 3.8) is 0 Å². The maximum absolute atomic E-state index is 12.5. The zero-order chi connectivity index (χ0) is 19.1. The first-order valence-electron chi connectivity index (χ1n) is 10.1. The molecule has 148 valence electrons. The van der Waals surface area contributed by atoms with Crippen molar-refractivity contribution < 1.29 is 14.3 Å². The minimum absolute atomic E-state index is 0.169. The number of piperazine rings is 1. The van der Waals surface area contributed by atoms with Gasteiger partial charge in [0.15, 0.2) is 0 Å². The van der Waals surface area contributed by atoms with Crippen LogP contribution in [0.2, 0.25) is 0 Å². The molecule has 6 nitrogen and oxygen atoms in total. The standard InChI is InChI=1S/C21H31N3O3/c1-27-19-6-4-5-18(17-19)7-8-20(25)23-13-15-24(16-14-23)21(26)9-12-22-10-2-3-11-22/h4-6,17H,2-3,7-16H2,1H3. The molecule has 0 unspecified atom stereocenters. The average Bonchev–Trinajstić information content (AvgIpc) is 3.24. The molecule has 1 aromatic rings. The molecule has 6 heteroatoms. The molecule has 0 bridgehead atoms. The van der Waals surface area contributed by atoms with E-state index < -0.39 is 0 Å². The third-order valence-corrected chi connectivity index (χ3v) is 5.59. The van der Waals surface area contributed by atoms with Gasteiger partial charge in [0.05, 0.1) is 7.11 Å². The molecule has 2 fully saturated rings. The smallest absolute Gasteiger partial charge is 0.223 e. The van der Waals surface area contributed by atoms with Crippen LogP contribution < -0.4 is 4.74 Å². The fourth-order valence-electron chi connectivity index (χ4n) is 3.86. The van der Waals surface area contributed by atoms with Crippen LogP contribution in [0, 0.1) is 0 Å². The molecule has 2 amide bonds. The van der Waals surface area contributed by atoms with Gasteiger partial charge in [0.2, 0.25) is 11.8 Å². The van der Waals surface area contributed by atoms with Gasteiger partial charge < -0.3 is 19.4 Å². The van der Waals surface area contributed by atoms with Crippen LogP contribution in [0.5, 0.6) is 5.75 Å². The summed E-state index contributed by atoms with van der Waals surface area (Å²) >= 11 is 0. The summed E-state index contributed by atoms with van der Waals surface area (Å²) in [4.78, 5) is 31.1. The largest absolute Gasteiger partial charge is 0.497 e. The quantitative estimate of drug-likeness (QED) is 0.731. The van der Waals surface area contributed by atoms with Crippen molar-refractivity contribution in [2.24, 2.45) is 0 Å². The predicted molar refractivity (Wildman–Crippen MR) is 105 cm³/mol. The van der Waals surface area contributed by atoms with E-state index in [2.05, 4.69) is 4.90 Å². The van der Waals surface area contributed by atoms with Crippen LogP contribution >= 0.6 is 0 Å². The fraction of sp³-hybridized carbons (Fsp3) is 0.619. The lowest BCUT2D eigenvalue weighted by molar-refractivity contribution is -0.139. The highest BCUT2D eigenvalue weighted by atomic mass is 16.5. The number of methoxy groups -OCH3 is 1. The highest BCUT2D eigenvalue weighted by Gasteiger charge is 2.24. The van der Waals surface area contributed by atoms with Gasteiger partial charge in [-0.05, 0) is 50.0 Å². The SMILES string of the molecule is COc1cccc(CCC(=O)N2CCN(C(=O)CCN3CCCC3)CC2)c1. The van der Waals surface area contributed by atoms with Crippen molar-refractivity contribution in [3.05, 3.63) is 29.8 Å². The van der Waals surface area contributed by atoms with Gasteiger partial charge in [0, 0.05) is 45.6 Å². The van der Waals surface area contributed by atoms with Crippen LogP contribution in [-0.4, -0.2) is 79.4 Å². The van der Waals surface area contributed by atoms with Crippen LogP contribution in [0.25, 0.3) is 0 Å². The zero-order valence-electron chi connectivity index (χ0n) is 16.4. The molecule has 2 heterocycles. The molecule has 0 radical (unpaired) electrons. The van der Waals surface area contributed by atoms with Gasteiger partial charge in [0.25, 0.3) is 0 Å². The van der Waals surface area contributed by atoms with Crippen LogP contribution in [-0.2, 0) is 16.0 Å². The maximum Gasteiger partial charge on any atom is 0.223 e. The topological polar surface area (TPSA) is 53.1 Å². The van der Waals surface area contributed by atoms with E-state index in [1.807, 2.05) is 34.1 Å². The summed E-state index contributed by atoms with van der Waals surface area (Å²) in [6.45, 7) is 5.73. The first-order valence-corrected chi connectivity index (χ1v) is 10.1. The third kappa shape index (κ3) is 5.70. The van der Waals surface area contributed by atoms with E-state index in [4.69, 9.17) is 4.74 Å². The molecule has 3 rings (SSSR count). The van der Waals surface area contributed by atoms with E-state index in [1.54, 1.807) is 7.11 Å². The summed E-state index contributed by atoms with van der Waals surface area (Å²) in [5, 5.41) is 0. The first-order chi connectivity index (χ1) is 13.2. The van der Waals surface area contributed by atoms with Crippen LogP contribution in [0.1, 0.15) is 31.2 Å². The molecule has 0 aromatic heterocycles. The third-order valence-electron chi connectivity index (χ3n) is 5.59.